The van der Waals surface area contributed by atoms with Crippen molar-refractivity contribution >= 4 is 5.91 Å². The Kier molecular flexibility index (Phi) is 4.09. The van der Waals surface area contributed by atoms with E-state index in [9.17, 15) is 14.3 Å². The summed E-state index contributed by atoms with van der Waals surface area (Å²) in [6.45, 7) is 2.54. The van der Waals surface area contributed by atoms with Crippen LogP contribution in [-0.4, -0.2) is 17.6 Å². The second-order valence-corrected chi connectivity index (χ2v) is 3.27. The number of nitrogens with one attached hydrogen (secondary N) is 1. The number of aromatic hydroxyl groups is 1. The topological polar surface area (TPSA) is 49.3 Å². The lowest BCUT2D eigenvalue weighted by Crippen LogP contribution is -2.24. The number of rotatable bonds is 4. The van der Waals surface area contributed by atoms with E-state index in [-0.39, 0.29) is 11.3 Å². The van der Waals surface area contributed by atoms with Gasteiger partial charge in [-0.05, 0) is 24.6 Å². The summed E-state index contributed by atoms with van der Waals surface area (Å²) < 4.78 is 12.8. The van der Waals surface area contributed by atoms with E-state index in [2.05, 4.69) is 5.32 Å². The van der Waals surface area contributed by atoms with Crippen LogP contribution in [0.25, 0.3) is 0 Å². The van der Waals surface area contributed by atoms with Crippen LogP contribution in [0, 0.1) is 5.82 Å². The maximum absolute atomic E-state index is 12.8. The van der Waals surface area contributed by atoms with Crippen molar-refractivity contribution in [2.45, 2.75) is 19.8 Å². The fourth-order valence-electron chi connectivity index (χ4n) is 1.16. The fraction of sp³-hybridized carbons (Fsp3) is 0.364. The summed E-state index contributed by atoms with van der Waals surface area (Å²) in [7, 11) is 0. The average Bonchev–Trinajstić information content (AvgIpc) is 2.22. The van der Waals surface area contributed by atoms with Gasteiger partial charge in [-0.15, -0.1) is 0 Å². The van der Waals surface area contributed by atoms with Crippen LogP contribution in [0.4, 0.5) is 4.39 Å². The van der Waals surface area contributed by atoms with Gasteiger partial charge < -0.3 is 10.4 Å². The maximum atomic E-state index is 12.8. The molecule has 0 saturated carbocycles. The van der Waals surface area contributed by atoms with Gasteiger partial charge >= 0.3 is 0 Å². The lowest BCUT2D eigenvalue weighted by molar-refractivity contribution is 0.0950. The molecule has 0 aliphatic carbocycles. The summed E-state index contributed by atoms with van der Waals surface area (Å²) in [6, 6.07) is 3.30. The zero-order chi connectivity index (χ0) is 11.3. The number of carbonyl (C=O) groups excluding carboxylic acids is 1. The highest BCUT2D eigenvalue weighted by Gasteiger charge is 2.10. The van der Waals surface area contributed by atoms with Gasteiger partial charge in [0.15, 0.2) is 0 Å². The van der Waals surface area contributed by atoms with E-state index in [0.717, 1.165) is 25.0 Å². The Morgan fingerprint density at radius 2 is 2.27 bits per heavy atom. The van der Waals surface area contributed by atoms with Crippen molar-refractivity contribution in [2.75, 3.05) is 6.54 Å². The monoisotopic (exact) mass is 211 g/mol. The van der Waals surface area contributed by atoms with Crippen molar-refractivity contribution in [3.63, 3.8) is 0 Å². The Morgan fingerprint density at radius 1 is 1.53 bits per heavy atom. The number of halogens is 1. The molecule has 1 aromatic carbocycles. The smallest absolute Gasteiger partial charge is 0.255 e. The van der Waals surface area contributed by atoms with Gasteiger partial charge in [0.25, 0.3) is 5.91 Å². The SMILES string of the molecule is CCCCNC(=O)c1cc(F)ccc1O. The van der Waals surface area contributed by atoms with Crippen molar-refractivity contribution < 1.29 is 14.3 Å². The standard InChI is InChI=1S/C11H14FNO2/c1-2-3-6-13-11(15)9-7-8(12)4-5-10(9)14/h4-5,7,14H,2-3,6H2,1H3,(H,13,15). The molecule has 15 heavy (non-hydrogen) atoms. The molecular formula is C11H14FNO2. The highest BCUT2D eigenvalue weighted by Crippen LogP contribution is 2.17. The molecule has 2 N–H and O–H groups in total. The van der Waals surface area contributed by atoms with Gasteiger partial charge in [-0.2, -0.15) is 0 Å². The van der Waals surface area contributed by atoms with Crippen LogP contribution >= 0.6 is 0 Å². The molecule has 4 heteroatoms. The number of hydrogen-bond donors (Lipinski definition) is 2. The molecule has 1 aromatic rings. The molecule has 0 heterocycles. The first-order valence-corrected chi connectivity index (χ1v) is 4.92. The Morgan fingerprint density at radius 3 is 2.93 bits per heavy atom. The molecule has 0 unspecified atom stereocenters. The first-order chi connectivity index (χ1) is 7.15. The maximum Gasteiger partial charge on any atom is 0.255 e. The van der Waals surface area contributed by atoms with Gasteiger partial charge in [0, 0.05) is 6.54 Å². The van der Waals surface area contributed by atoms with Gasteiger partial charge in [-0.3, -0.25) is 4.79 Å². The fourth-order valence-corrected chi connectivity index (χ4v) is 1.16. The number of phenolic OH excluding ortho intramolecular Hbond substituents is 1. The highest BCUT2D eigenvalue weighted by molar-refractivity contribution is 5.96. The molecule has 0 saturated heterocycles. The minimum atomic E-state index is -0.534. The number of amides is 1. The third-order valence-electron chi connectivity index (χ3n) is 2.02. The summed E-state index contributed by atoms with van der Waals surface area (Å²) in [5, 5.41) is 11.9. The first-order valence-electron chi connectivity index (χ1n) is 4.92. The van der Waals surface area contributed by atoms with E-state index >= 15 is 0 Å². The van der Waals surface area contributed by atoms with Gasteiger partial charge in [0.2, 0.25) is 0 Å². The average molecular weight is 211 g/mol. The molecule has 0 aliphatic rings. The second kappa shape index (κ2) is 5.34. The minimum Gasteiger partial charge on any atom is -0.507 e. The third-order valence-corrected chi connectivity index (χ3v) is 2.02. The number of unbranched alkanes of at least 4 members (excludes halogenated alkanes) is 1. The van der Waals surface area contributed by atoms with Crippen LogP contribution in [0.15, 0.2) is 18.2 Å². The van der Waals surface area contributed by atoms with Crippen LogP contribution in [-0.2, 0) is 0 Å². The zero-order valence-electron chi connectivity index (χ0n) is 8.59. The van der Waals surface area contributed by atoms with Crippen molar-refractivity contribution in [3.8, 4) is 5.75 Å². The normalized spacial score (nSPS) is 10.0. The Bertz CT molecular complexity index is 352. The lowest BCUT2D eigenvalue weighted by Gasteiger charge is -2.05. The van der Waals surface area contributed by atoms with Crippen molar-refractivity contribution in [1.82, 2.24) is 5.32 Å². The van der Waals surface area contributed by atoms with Crippen molar-refractivity contribution in [1.29, 1.82) is 0 Å². The van der Waals surface area contributed by atoms with E-state index in [1.807, 2.05) is 6.92 Å². The molecule has 0 aliphatic heterocycles. The lowest BCUT2D eigenvalue weighted by atomic mass is 10.2. The van der Waals surface area contributed by atoms with Crippen LogP contribution in [0.1, 0.15) is 30.1 Å². The largest absolute Gasteiger partial charge is 0.507 e. The predicted molar refractivity (Wildman–Crippen MR) is 55.3 cm³/mol. The predicted octanol–water partition coefficient (Wildman–Crippen LogP) is 2.06. The Labute approximate surface area is 87.9 Å². The third kappa shape index (κ3) is 3.23. The molecule has 0 fully saturated rings. The molecule has 0 bridgehead atoms. The van der Waals surface area contributed by atoms with E-state index in [1.54, 1.807) is 0 Å². The molecule has 1 rings (SSSR count). The minimum absolute atomic E-state index is 0.0221. The van der Waals surface area contributed by atoms with E-state index in [0.29, 0.717) is 6.54 Å². The quantitative estimate of drug-likeness (QED) is 0.749. The first kappa shape index (κ1) is 11.5. The highest BCUT2D eigenvalue weighted by atomic mass is 19.1. The molecule has 82 valence electrons. The van der Waals surface area contributed by atoms with Gasteiger partial charge in [-0.25, -0.2) is 4.39 Å². The van der Waals surface area contributed by atoms with Crippen LogP contribution in [0.3, 0.4) is 0 Å². The Hall–Kier alpha value is -1.58. The van der Waals surface area contributed by atoms with Crippen molar-refractivity contribution in [3.05, 3.63) is 29.6 Å². The zero-order valence-corrected chi connectivity index (χ0v) is 8.59. The summed E-state index contributed by atoms with van der Waals surface area (Å²) >= 11 is 0. The molecule has 0 spiro atoms. The second-order valence-electron chi connectivity index (χ2n) is 3.27. The van der Waals surface area contributed by atoms with Gasteiger partial charge in [0.05, 0.1) is 5.56 Å². The Balaban J connectivity index is 2.68. The number of benzene rings is 1. The number of hydrogen-bond acceptors (Lipinski definition) is 2. The molecule has 0 aromatic heterocycles. The summed E-state index contributed by atoms with van der Waals surface area (Å²) in [5.41, 5.74) is -0.0221. The molecular weight excluding hydrogens is 197 g/mol. The number of carbonyl (C=O) groups is 1. The number of phenols is 1. The van der Waals surface area contributed by atoms with Crippen LogP contribution in [0.2, 0.25) is 0 Å². The molecule has 0 radical (unpaired) electrons. The van der Waals surface area contributed by atoms with E-state index < -0.39 is 11.7 Å². The van der Waals surface area contributed by atoms with E-state index in [4.69, 9.17) is 0 Å². The summed E-state index contributed by atoms with van der Waals surface area (Å²) in [6.07, 6.45) is 1.83. The molecule has 1 amide bonds. The van der Waals surface area contributed by atoms with Crippen LogP contribution in [0.5, 0.6) is 5.75 Å². The summed E-state index contributed by atoms with van der Waals surface area (Å²) in [4.78, 5) is 11.5. The van der Waals surface area contributed by atoms with Crippen LogP contribution < -0.4 is 5.32 Å². The molecule has 0 atom stereocenters. The van der Waals surface area contributed by atoms with Gasteiger partial charge in [-0.1, -0.05) is 13.3 Å². The van der Waals surface area contributed by atoms with Crippen molar-refractivity contribution in [2.24, 2.45) is 0 Å². The molecule has 3 nitrogen and oxygen atoms in total. The van der Waals surface area contributed by atoms with E-state index in [1.165, 1.54) is 6.07 Å². The van der Waals surface area contributed by atoms with Gasteiger partial charge in [0.1, 0.15) is 11.6 Å². The summed E-state index contributed by atoms with van der Waals surface area (Å²) in [5.74, 6) is -1.18.